The second-order valence-corrected chi connectivity index (χ2v) is 6.03. The van der Waals surface area contributed by atoms with E-state index < -0.39 is 6.03 Å². The van der Waals surface area contributed by atoms with Crippen molar-refractivity contribution in [1.29, 1.82) is 0 Å². The van der Waals surface area contributed by atoms with Crippen LogP contribution in [0.5, 0.6) is 0 Å². The number of aromatic nitrogens is 1. The zero-order valence-electron chi connectivity index (χ0n) is 11.7. The summed E-state index contributed by atoms with van der Waals surface area (Å²) < 4.78 is 2.12. The third kappa shape index (κ3) is 2.80. The number of urea groups is 1. The molecule has 0 radical (unpaired) electrons. The highest BCUT2D eigenvalue weighted by molar-refractivity contribution is 5.99. The molecule has 19 heavy (non-hydrogen) atoms. The van der Waals surface area contributed by atoms with Gasteiger partial charge in [-0.15, -0.1) is 0 Å². The van der Waals surface area contributed by atoms with E-state index in [-0.39, 0.29) is 11.2 Å². The van der Waals surface area contributed by atoms with Gasteiger partial charge >= 0.3 is 6.03 Å². The Morgan fingerprint density at radius 1 is 1.47 bits per heavy atom. The average molecular weight is 263 g/mol. The normalized spacial score (nSPS) is 17.1. The SMILES string of the molecule is Cc1cc2c(n1CCNC(N)=O)CC(C)(C)CC2=O. The number of nitrogens with zero attached hydrogens (tertiary/aromatic N) is 1. The maximum Gasteiger partial charge on any atom is 0.312 e. The largest absolute Gasteiger partial charge is 0.352 e. The van der Waals surface area contributed by atoms with E-state index in [2.05, 4.69) is 23.7 Å². The minimum Gasteiger partial charge on any atom is -0.352 e. The van der Waals surface area contributed by atoms with Gasteiger partial charge in [0.05, 0.1) is 0 Å². The van der Waals surface area contributed by atoms with E-state index in [0.717, 1.165) is 23.4 Å². The Balaban J connectivity index is 2.26. The van der Waals surface area contributed by atoms with Crippen LogP contribution in [0.1, 0.15) is 42.0 Å². The van der Waals surface area contributed by atoms with Crippen molar-refractivity contribution >= 4 is 11.8 Å². The third-order valence-electron chi connectivity index (χ3n) is 3.64. The minimum atomic E-state index is -0.518. The Hall–Kier alpha value is -1.78. The molecule has 0 aromatic carbocycles. The summed E-state index contributed by atoms with van der Waals surface area (Å²) in [5, 5.41) is 2.58. The van der Waals surface area contributed by atoms with Gasteiger partial charge in [-0.2, -0.15) is 0 Å². The molecule has 0 bridgehead atoms. The van der Waals surface area contributed by atoms with Gasteiger partial charge in [0.1, 0.15) is 0 Å². The van der Waals surface area contributed by atoms with Crippen molar-refractivity contribution in [2.24, 2.45) is 11.1 Å². The van der Waals surface area contributed by atoms with E-state index >= 15 is 0 Å². The summed E-state index contributed by atoms with van der Waals surface area (Å²) in [7, 11) is 0. The molecule has 2 amide bonds. The number of fused-ring (bicyclic) bond motifs is 1. The van der Waals surface area contributed by atoms with Crippen molar-refractivity contribution < 1.29 is 9.59 Å². The lowest BCUT2D eigenvalue weighted by Crippen LogP contribution is -2.33. The Morgan fingerprint density at radius 3 is 2.79 bits per heavy atom. The Bertz CT molecular complexity index is 529. The zero-order valence-corrected chi connectivity index (χ0v) is 11.7. The van der Waals surface area contributed by atoms with Gasteiger partial charge in [-0.1, -0.05) is 13.8 Å². The lowest BCUT2D eigenvalue weighted by atomic mass is 9.76. The molecule has 104 valence electrons. The van der Waals surface area contributed by atoms with E-state index in [1.165, 1.54) is 0 Å². The van der Waals surface area contributed by atoms with Crippen molar-refractivity contribution in [3.8, 4) is 0 Å². The third-order valence-corrected chi connectivity index (χ3v) is 3.64. The van der Waals surface area contributed by atoms with Crippen LogP contribution < -0.4 is 11.1 Å². The molecular formula is C14H21N3O2. The number of hydrogen-bond acceptors (Lipinski definition) is 2. The van der Waals surface area contributed by atoms with Crippen LogP contribution >= 0.6 is 0 Å². The molecule has 1 aliphatic rings. The first-order valence-electron chi connectivity index (χ1n) is 6.56. The second-order valence-electron chi connectivity index (χ2n) is 6.03. The molecule has 0 unspecified atom stereocenters. The van der Waals surface area contributed by atoms with E-state index in [1.807, 2.05) is 13.0 Å². The van der Waals surface area contributed by atoms with Crippen molar-refractivity contribution in [3.05, 3.63) is 23.0 Å². The first kappa shape index (κ1) is 13.6. The Morgan fingerprint density at radius 2 is 2.16 bits per heavy atom. The molecule has 0 fully saturated rings. The van der Waals surface area contributed by atoms with Crippen LogP contribution in [0.2, 0.25) is 0 Å². The van der Waals surface area contributed by atoms with Gasteiger partial charge in [-0.25, -0.2) is 4.79 Å². The highest BCUT2D eigenvalue weighted by Gasteiger charge is 2.33. The molecule has 2 rings (SSSR count). The fourth-order valence-corrected chi connectivity index (χ4v) is 2.81. The van der Waals surface area contributed by atoms with E-state index in [4.69, 9.17) is 5.73 Å². The predicted molar refractivity (Wildman–Crippen MR) is 73.2 cm³/mol. The van der Waals surface area contributed by atoms with Gasteiger partial charge in [-0.05, 0) is 24.8 Å². The Kier molecular flexibility index (Phi) is 3.39. The number of hydrogen-bond donors (Lipinski definition) is 2. The fraction of sp³-hybridized carbons (Fsp3) is 0.571. The van der Waals surface area contributed by atoms with Crippen molar-refractivity contribution in [2.75, 3.05) is 6.54 Å². The Labute approximate surface area is 113 Å². The highest BCUT2D eigenvalue weighted by atomic mass is 16.2. The average Bonchev–Trinajstić information content (AvgIpc) is 2.55. The molecule has 1 aliphatic carbocycles. The zero-order chi connectivity index (χ0) is 14.2. The summed E-state index contributed by atoms with van der Waals surface area (Å²) in [5.41, 5.74) is 8.05. The molecule has 5 nitrogen and oxygen atoms in total. The van der Waals surface area contributed by atoms with Crippen LogP contribution in [0, 0.1) is 12.3 Å². The quantitative estimate of drug-likeness (QED) is 0.869. The molecule has 0 aliphatic heterocycles. The summed E-state index contributed by atoms with van der Waals surface area (Å²) in [5.74, 6) is 0.218. The van der Waals surface area contributed by atoms with Crippen LogP contribution in [-0.2, 0) is 13.0 Å². The van der Waals surface area contributed by atoms with Crippen molar-refractivity contribution in [2.45, 2.75) is 40.2 Å². The van der Waals surface area contributed by atoms with Crippen molar-refractivity contribution in [1.82, 2.24) is 9.88 Å². The second kappa shape index (κ2) is 4.72. The van der Waals surface area contributed by atoms with Gasteiger partial charge in [0.15, 0.2) is 5.78 Å². The lowest BCUT2D eigenvalue weighted by Gasteiger charge is -2.29. The van der Waals surface area contributed by atoms with Crippen LogP contribution in [0.4, 0.5) is 4.79 Å². The van der Waals surface area contributed by atoms with Crippen LogP contribution in [0.15, 0.2) is 6.07 Å². The first-order chi connectivity index (χ1) is 8.80. The smallest absolute Gasteiger partial charge is 0.312 e. The van der Waals surface area contributed by atoms with Crippen LogP contribution in [0.3, 0.4) is 0 Å². The lowest BCUT2D eigenvalue weighted by molar-refractivity contribution is 0.0910. The van der Waals surface area contributed by atoms with Gasteiger partial charge in [0.2, 0.25) is 0 Å². The molecular weight excluding hydrogens is 242 g/mol. The molecule has 1 heterocycles. The molecule has 1 aromatic heterocycles. The number of primary amides is 1. The highest BCUT2D eigenvalue weighted by Crippen LogP contribution is 2.36. The maximum absolute atomic E-state index is 12.1. The van der Waals surface area contributed by atoms with Crippen LogP contribution in [0.25, 0.3) is 0 Å². The number of nitrogens with two attached hydrogens (primary N) is 1. The molecule has 1 aromatic rings. The molecule has 0 saturated heterocycles. The summed E-state index contributed by atoms with van der Waals surface area (Å²) in [6.07, 6.45) is 1.49. The number of amides is 2. The van der Waals surface area contributed by atoms with Gasteiger partial charge in [-0.3, -0.25) is 4.79 Å². The number of aryl methyl sites for hydroxylation is 1. The van der Waals surface area contributed by atoms with E-state index in [0.29, 0.717) is 19.5 Å². The van der Waals surface area contributed by atoms with E-state index in [9.17, 15) is 9.59 Å². The first-order valence-corrected chi connectivity index (χ1v) is 6.56. The number of rotatable bonds is 3. The number of carbonyl (C=O) groups is 2. The molecule has 0 atom stereocenters. The number of ketones is 1. The standard InChI is InChI=1S/C14H21N3O2/c1-9-6-10-11(7-14(2,3)8-12(10)18)17(9)5-4-16-13(15)19/h6H,4-5,7-8H2,1-3H3,(H3,15,16,19). The summed E-state index contributed by atoms with van der Waals surface area (Å²) in [6, 6.07) is 1.44. The fourth-order valence-electron chi connectivity index (χ4n) is 2.81. The summed E-state index contributed by atoms with van der Waals surface area (Å²) in [6.45, 7) is 7.34. The topological polar surface area (TPSA) is 77.1 Å². The molecule has 0 saturated carbocycles. The monoisotopic (exact) mass is 263 g/mol. The number of nitrogens with one attached hydrogen (secondary N) is 1. The molecule has 3 N–H and O–H groups in total. The summed E-state index contributed by atoms with van der Waals surface area (Å²) in [4.78, 5) is 22.8. The van der Waals surface area contributed by atoms with Gasteiger partial charge in [0.25, 0.3) is 0 Å². The predicted octanol–water partition coefficient (Wildman–Crippen LogP) is 1.62. The maximum atomic E-state index is 12.1. The van der Waals surface area contributed by atoms with Crippen molar-refractivity contribution in [3.63, 3.8) is 0 Å². The van der Waals surface area contributed by atoms with Gasteiger partial charge in [0, 0.05) is 36.5 Å². The number of Topliss-reactive ketones (excluding diaryl/α,β-unsaturated/α-hetero) is 1. The molecule has 0 spiro atoms. The molecule has 5 heteroatoms. The van der Waals surface area contributed by atoms with E-state index in [1.54, 1.807) is 0 Å². The summed E-state index contributed by atoms with van der Waals surface area (Å²) >= 11 is 0. The number of carbonyl (C=O) groups excluding carboxylic acids is 2. The van der Waals surface area contributed by atoms with Crippen LogP contribution in [-0.4, -0.2) is 22.9 Å². The minimum absolute atomic E-state index is 0.00371. The van der Waals surface area contributed by atoms with Gasteiger partial charge < -0.3 is 15.6 Å².